The van der Waals surface area contributed by atoms with Gasteiger partial charge in [0.2, 0.25) is 0 Å². The van der Waals surface area contributed by atoms with Gasteiger partial charge in [0.05, 0.1) is 12.7 Å². The Morgan fingerprint density at radius 2 is 2.00 bits per heavy atom. The molecule has 128 valence electrons. The molecule has 0 saturated carbocycles. The van der Waals surface area contributed by atoms with Crippen LogP contribution in [0.1, 0.15) is 33.3 Å². The second-order valence-corrected chi connectivity index (χ2v) is 7.02. The molecule has 0 aromatic heterocycles. The van der Waals surface area contributed by atoms with Crippen molar-refractivity contribution in [3.8, 4) is 0 Å². The lowest BCUT2D eigenvalue weighted by Crippen LogP contribution is -2.50. The lowest BCUT2D eigenvalue weighted by Gasteiger charge is -2.25. The van der Waals surface area contributed by atoms with E-state index in [4.69, 9.17) is 9.47 Å². The quantitative estimate of drug-likeness (QED) is 0.781. The molecular weight excluding hydrogens is 366 g/mol. The van der Waals surface area contributed by atoms with Gasteiger partial charge in [-0.15, -0.1) is 0 Å². The molecule has 0 saturated heterocycles. The van der Waals surface area contributed by atoms with Crippen LogP contribution in [0.4, 0.5) is 4.79 Å². The highest BCUT2D eigenvalue weighted by Gasteiger charge is 2.29. The number of carboxylic acids is 1. The van der Waals surface area contributed by atoms with Crippen molar-refractivity contribution >= 4 is 28.0 Å². The van der Waals surface area contributed by atoms with Crippen LogP contribution in [0, 0.1) is 0 Å². The first-order chi connectivity index (χ1) is 10.6. The summed E-state index contributed by atoms with van der Waals surface area (Å²) in [6, 6.07) is 6.30. The van der Waals surface area contributed by atoms with E-state index in [0.29, 0.717) is 0 Å². The Bertz CT molecular complexity index is 556. The van der Waals surface area contributed by atoms with Crippen molar-refractivity contribution in [2.24, 2.45) is 0 Å². The molecule has 23 heavy (non-hydrogen) atoms. The minimum absolute atomic E-state index is 0.236. The third-order valence-corrected chi connectivity index (χ3v) is 3.30. The molecule has 1 aromatic carbocycles. The van der Waals surface area contributed by atoms with E-state index in [1.165, 1.54) is 0 Å². The summed E-state index contributed by atoms with van der Waals surface area (Å²) in [4.78, 5) is 23.1. The molecule has 0 heterocycles. The van der Waals surface area contributed by atoms with E-state index in [0.717, 1.165) is 10.0 Å². The predicted molar refractivity (Wildman–Crippen MR) is 89.2 cm³/mol. The van der Waals surface area contributed by atoms with Crippen LogP contribution in [0.5, 0.6) is 0 Å². The number of benzene rings is 1. The standard InChI is InChI=1S/C16H22BrNO5/c1-10(22-9-11-6-5-7-12(17)8-11)13(14(19)20)18-15(21)23-16(2,3)4/h5-8,10,13H,9H2,1-4H3,(H,18,21)(H,19,20)/t10-,13+/m1/s1. The third-order valence-electron chi connectivity index (χ3n) is 2.81. The number of hydrogen-bond donors (Lipinski definition) is 2. The van der Waals surface area contributed by atoms with E-state index in [1.54, 1.807) is 27.7 Å². The second kappa shape index (κ2) is 8.31. The van der Waals surface area contributed by atoms with Gasteiger partial charge in [0.15, 0.2) is 6.04 Å². The monoisotopic (exact) mass is 387 g/mol. The third kappa shape index (κ3) is 7.47. The topological polar surface area (TPSA) is 84.9 Å². The average molecular weight is 388 g/mol. The summed E-state index contributed by atoms with van der Waals surface area (Å²) in [6.07, 6.45) is -1.51. The van der Waals surface area contributed by atoms with E-state index in [1.807, 2.05) is 24.3 Å². The average Bonchev–Trinajstić information content (AvgIpc) is 2.40. The number of nitrogens with one attached hydrogen (secondary N) is 1. The van der Waals surface area contributed by atoms with Crippen LogP contribution in [0.2, 0.25) is 0 Å². The number of amides is 1. The summed E-state index contributed by atoms with van der Waals surface area (Å²) in [7, 11) is 0. The Hall–Kier alpha value is -1.60. The normalized spacial score (nSPS) is 14.0. The number of carbonyl (C=O) groups is 2. The maximum absolute atomic E-state index is 11.7. The van der Waals surface area contributed by atoms with Crippen molar-refractivity contribution in [1.29, 1.82) is 0 Å². The first kappa shape index (κ1) is 19.4. The van der Waals surface area contributed by atoms with Crippen molar-refractivity contribution in [2.45, 2.75) is 52.0 Å². The number of alkyl carbamates (subject to hydrolysis) is 1. The molecule has 1 amide bonds. The van der Waals surface area contributed by atoms with Crippen LogP contribution < -0.4 is 5.32 Å². The molecule has 2 atom stereocenters. The largest absolute Gasteiger partial charge is 0.480 e. The summed E-state index contributed by atoms with van der Waals surface area (Å²) in [5, 5.41) is 11.6. The Labute approximate surface area is 144 Å². The van der Waals surface area contributed by atoms with Crippen LogP contribution in [0.3, 0.4) is 0 Å². The molecule has 1 rings (SSSR count). The van der Waals surface area contributed by atoms with Crippen LogP contribution in [-0.4, -0.2) is 34.9 Å². The van der Waals surface area contributed by atoms with E-state index in [2.05, 4.69) is 21.2 Å². The minimum atomic E-state index is -1.20. The molecule has 1 aromatic rings. The summed E-state index contributed by atoms with van der Waals surface area (Å²) < 4.78 is 11.5. The number of carboxylic acid groups (broad SMARTS) is 1. The molecule has 0 aliphatic carbocycles. The molecule has 2 N–H and O–H groups in total. The van der Waals surface area contributed by atoms with Gasteiger partial charge in [0.1, 0.15) is 5.60 Å². The van der Waals surface area contributed by atoms with Gasteiger partial charge >= 0.3 is 12.1 Å². The number of halogens is 1. The first-order valence-corrected chi connectivity index (χ1v) is 7.96. The lowest BCUT2D eigenvalue weighted by molar-refractivity contribution is -0.143. The molecule has 0 fully saturated rings. The van der Waals surface area contributed by atoms with Crippen LogP contribution in [0.25, 0.3) is 0 Å². The molecule has 0 aliphatic rings. The fourth-order valence-corrected chi connectivity index (χ4v) is 2.21. The zero-order valence-corrected chi connectivity index (χ0v) is 15.2. The summed E-state index contributed by atoms with van der Waals surface area (Å²) in [6.45, 7) is 6.94. The van der Waals surface area contributed by atoms with E-state index < -0.39 is 29.8 Å². The van der Waals surface area contributed by atoms with Gasteiger partial charge in [0, 0.05) is 4.47 Å². The van der Waals surface area contributed by atoms with Gasteiger partial charge < -0.3 is 19.9 Å². The van der Waals surface area contributed by atoms with E-state index in [9.17, 15) is 14.7 Å². The number of rotatable bonds is 6. The lowest BCUT2D eigenvalue weighted by atomic mass is 10.1. The van der Waals surface area contributed by atoms with Crippen molar-refractivity contribution in [3.63, 3.8) is 0 Å². The van der Waals surface area contributed by atoms with E-state index in [-0.39, 0.29) is 6.61 Å². The van der Waals surface area contributed by atoms with Crippen molar-refractivity contribution in [3.05, 3.63) is 34.3 Å². The van der Waals surface area contributed by atoms with Gasteiger partial charge in [-0.25, -0.2) is 9.59 Å². The zero-order valence-electron chi connectivity index (χ0n) is 13.6. The molecule has 0 unspecified atom stereocenters. The van der Waals surface area contributed by atoms with Crippen LogP contribution in [0.15, 0.2) is 28.7 Å². The Kier molecular flexibility index (Phi) is 7.02. The molecule has 0 spiro atoms. The van der Waals surface area contributed by atoms with E-state index >= 15 is 0 Å². The number of carbonyl (C=O) groups excluding carboxylic acids is 1. The maximum atomic E-state index is 11.7. The fourth-order valence-electron chi connectivity index (χ4n) is 1.77. The predicted octanol–water partition coefficient (Wildman–Crippen LogP) is 3.33. The highest BCUT2D eigenvalue weighted by atomic mass is 79.9. The summed E-state index contributed by atoms with van der Waals surface area (Å²) in [5.74, 6) is -1.18. The highest BCUT2D eigenvalue weighted by molar-refractivity contribution is 9.10. The molecule has 7 heteroatoms. The molecular formula is C16H22BrNO5. The SMILES string of the molecule is C[C@@H](OCc1cccc(Br)c1)[C@H](NC(=O)OC(C)(C)C)C(=O)O. The Balaban J connectivity index is 2.62. The van der Waals surface area contributed by atoms with Gasteiger partial charge in [0.25, 0.3) is 0 Å². The maximum Gasteiger partial charge on any atom is 0.408 e. The van der Waals surface area contributed by atoms with Crippen LogP contribution in [-0.2, 0) is 20.9 Å². The number of ether oxygens (including phenoxy) is 2. The molecule has 0 radical (unpaired) electrons. The number of aliphatic carboxylic acids is 1. The van der Waals surface area contributed by atoms with Crippen molar-refractivity contribution < 1.29 is 24.2 Å². The summed E-state index contributed by atoms with van der Waals surface area (Å²) >= 11 is 3.36. The smallest absolute Gasteiger partial charge is 0.408 e. The minimum Gasteiger partial charge on any atom is -0.480 e. The zero-order chi connectivity index (χ0) is 17.6. The number of hydrogen-bond acceptors (Lipinski definition) is 4. The summed E-state index contributed by atoms with van der Waals surface area (Å²) in [5.41, 5.74) is 0.195. The van der Waals surface area contributed by atoms with Crippen molar-refractivity contribution in [2.75, 3.05) is 0 Å². The van der Waals surface area contributed by atoms with Gasteiger partial charge in [-0.1, -0.05) is 28.1 Å². The Morgan fingerprint density at radius 1 is 1.35 bits per heavy atom. The first-order valence-electron chi connectivity index (χ1n) is 7.17. The molecule has 6 nitrogen and oxygen atoms in total. The van der Waals surface area contributed by atoms with Gasteiger partial charge in [-0.2, -0.15) is 0 Å². The fraction of sp³-hybridized carbons (Fsp3) is 0.500. The second-order valence-electron chi connectivity index (χ2n) is 6.11. The van der Waals surface area contributed by atoms with Crippen molar-refractivity contribution in [1.82, 2.24) is 5.32 Å². The molecule has 0 bridgehead atoms. The Morgan fingerprint density at radius 3 is 2.52 bits per heavy atom. The van der Waals surface area contributed by atoms with Gasteiger partial charge in [-0.3, -0.25) is 0 Å². The van der Waals surface area contributed by atoms with Gasteiger partial charge in [-0.05, 0) is 45.4 Å². The highest BCUT2D eigenvalue weighted by Crippen LogP contribution is 2.14. The molecule has 0 aliphatic heterocycles. The van der Waals surface area contributed by atoms with Crippen LogP contribution >= 0.6 is 15.9 Å².